The normalized spacial score (nSPS) is 27.8. The molecule has 1 aliphatic heterocycles. The zero-order valence-corrected chi connectivity index (χ0v) is 10.4. The second-order valence-electron chi connectivity index (χ2n) is 4.84. The first-order valence-electron chi connectivity index (χ1n) is 5.66. The molecule has 1 aromatic carbocycles. The molecule has 94 valence electrons. The highest BCUT2D eigenvalue weighted by molar-refractivity contribution is 7.91. The van der Waals surface area contributed by atoms with Crippen molar-refractivity contribution >= 4 is 15.5 Å². The summed E-state index contributed by atoms with van der Waals surface area (Å²) in [7, 11) is -3.09. The average molecular weight is 255 g/mol. The summed E-state index contributed by atoms with van der Waals surface area (Å²) >= 11 is 0. The number of nitrogen functional groups attached to an aromatic ring is 1. The van der Waals surface area contributed by atoms with Crippen LogP contribution in [0.15, 0.2) is 24.3 Å². The van der Waals surface area contributed by atoms with Crippen LogP contribution in [0, 0.1) is 0 Å². The second-order valence-corrected chi connectivity index (χ2v) is 7.02. The predicted molar refractivity (Wildman–Crippen MR) is 67.4 cm³/mol. The van der Waals surface area contributed by atoms with Crippen LogP contribution in [0.1, 0.15) is 18.4 Å². The Morgan fingerprint density at radius 3 is 2.53 bits per heavy atom. The lowest BCUT2D eigenvalue weighted by Crippen LogP contribution is -2.44. The van der Waals surface area contributed by atoms with Crippen molar-refractivity contribution in [2.45, 2.75) is 24.9 Å². The molecule has 5 heteroatoms. The lowest BCUT2D eigenvalue weighted by molar-refractivity contribution is 0.0503. The molecular formula is C12H17NO3S. The number of rotatable bonds is 2. The molecule has 1 fully saturated rings. The number of hydrogen-bond donors (Lipinski definition) is 2. The van der Waals surface area contributed by atoms with Gasteiger partial charge in [0, 0.05) is 12.1 Å². The van der Waals surface area contributed by atoms with Crippen molar-refractivity contribution in [1.29, 1.82) is 0 Å². The lowest BCUT2D eigenvalue weighted by Gasteiger charge is -2.31. The van der Waals surface area contributed by atoms with E-state index in [-0.39, 0.29) is 11.5 Å². The third kappa shape index (κ3) is 3.20. The van der Waals surface area contributed by atoms with Gasteiger partial charge in [0.15, 0.2) is 9.84 Å². The zero-order valence-electron chi connectivity index (χ0n) is 9.59. The first kappa shape index (κ1) is 12.4. The maximum Gasteiger partial charge on any atom is 0.153 e. The second kappa shape index (κ2) is 4.31. The van der Waals surface area contributed by atoms with E-state index < -0.39 is 15.4 Å². The van der Waals surface area contributed by atoms with Crippen molar-refractivity contribution in [3.8, 4) is 0 Å². The number of sulfone groups is 1. The van der Waals surface area contributed by atoms with Gasteiger partial charge in [-0.05, 0) is 30.5 Å². The Balaban J connectivity index is 2.14. The average Bonchev–Trinajstić information content (AvgIpc) is 2.19. The minimum Gasteiger partial charge on any atom is -0.399 e. The maximum atomic E-state index is 11.5. The molecule has 1 atom stereocenters. The summed E-state index contributed by atoms with van der Waals surface area (Å²) in [6.07, 6.45) is 1.44. The summed E-state index contributed by atoms with van der Waals surface area (Å²) in [5, 5.41) is 10.3. The fourth-order valence-electron chi connectivity index (χ4n) is 2.33. The number of hydrogen-bond acceptors (Lipinski definition) is 4. The number of anilines is 1. The van der Waals surface area contributed by atoms with E-state index in [0.717, 1.165) is 5.56 Å². The lowest BCUT2D eigenvalue weighted by atomic mass is 9.91. The summed E-state index contributed by atoms with van der Waals surface area (Å²) in [6, 6.07) is 7.18. The monoisotopic (exact) mass is 255 g/mol. The molecule has 3 N–H and O–H groups in total. The Morgan fingerprint density at radius 1 is 1.29 bits per heavy atom. The maximum absolute atomic E-state index is 11.5. The topological polar surface area (TPSA) is 80.4 Å². The van der Waals surface area contributed by atoms with Gasteiger partial charge in [-0.25, -0.2) is 8.42 Å². The molecule has 0 aromatic heterocycles. The molecule has 0 bridgehead atoms. The highest BCUT2D eigenvalue weighted by Crippen LogP contribution is 2.26. The first-order chi connectivity index (χ1) is 7.89. The summed E-state index contributed by atoms with van der Waals surface area (Å²) in [4.78, 5) is 0. The van der Waals surface area contributed by atoms with Gasteiger partial charge in [-0.1, -0.05) is 12.1 Å². The standard InChI is InChI=1S/C12H17NO3S/c13-11-4-2-10(3-5-11)8-12(14)6-1-7-17(15,16)9-12/h2-5,14H,1,6-9,13H2. The van der Waals surface area contributed by atoms with E-state index in [2.05, 4.69) is 0 Å². The van der Waals surface area contributed by atoms with Crippen LogP contribution in [0.4, 0.5) is 5.69 Å². The molecule has 0 saturated carbocycles. The van der Waals surface area contributed by atoms with Gasteiger partial charge in [-0.3, -0.25) is 0 Å². The van der Waals surface area contributed by atoms with Crippen molar-refractivity contribution in [3.05, 3.63) is 29.8 Å². The predicted octanol–water partition coefficient (Wildman–Crippen LogP) is 0.751. The Hall–Kier alpha value is -1.07. The third-order valence-corrected chi connectivity index (χ3v) is 4.99. The van der Waals surface area contributed by atoms with Crippen LogP contribution in [-0.4, -0.2) is 30.6 Å². The van der Waals surface area contributed by atoms with E-state index in [9.17, 15) is 13.5 Å². The third-order valence-electron chi connectivity index (χ3n) is 3.10. The Labute approximate surface area is 101 Å². The fraction of sp³-hybridized carbons (Fsp3) is 0.500. The number of aliphatic hydroxyl groups is 1. The molecule has 1 aliphatic rings. The molecule has 17 heavy (non-hydrogen) atoms. The molecular weight excluding hydrogens is 238 g/mol. The van der Waals surface area contributed by atoms with Crippen LogP contribution in [-0.2, 0) is 16.3 Å². The van der Waals surface area contributed by atoms with Crippen molar-refractivity contribution in [2.75, 3.05) is 17.2 Å². The van der Waals surface area contributed by atoms with Gasteiger partial charge in [0.1, 0.15) is 0 Å². The molecule has 1 saturated heterocycles. The number of benzene rings is 1. The highest BCUT2D eigenvalue weighted by Gasteiger charge is 2.37. The Bertz CT molecular complexity index is 495. The van der Waals surface area contributed by atoms with Gasteiger partial charge in [-0.2, -0.15) is 0 Å². The molecule has 1 aromatic rings. The molecule has 4 nitrogen and oxygen atoms in total. The van der Waals surface area contributed by atoms with Crippen LogP contribution >= 0.6 is 0 Å². The summed E-state index contributed by atoms with van der Waals surface area (Å²) < 4.78 is 23.1. The molecule has 2 rings (SSSR count). The largest absolute Gasteiger partial charge is 0.399 e. The van der Waals surface area contributed by atoms with E-state index in [0.29, 0.717) is 24.9 Å². The van der Waals surface area contributed by atoms with Crippen LogP contribution in [0.2, 0.25) is 0 Å². The summed E-state index contributed by atoms with van der Waals surface area (Å²) in [6.45, 7) is 0. The van der Waals surface area contributed by atoms with E-state index in [1.807, 2.05) is 12.1 Å². The molecule has 1 unspecified atom stereocenters. The van der Waals surface area contributed by atoms with Crippen LogP contribution < -0.4 is 5.73 Å². The minimum atomic E-state index is -3.09. The minimum absolute atomic E-state index is 0.135. The van der Waals surface area contributed by atoms with E-state index >= 15 is 0 Å². The van der Waals surface area contributed by atoms with Crippen molar-refractivity contribution in [3.63, 3.8) is 0 Å². The SMILES string of the molecule is Nc1ccc(CC2(O)CCCS(=O)(=O)C2)cc1. The summed E-state index contributed by atoms with van der Waals surface area (Å²) in [5.74, 6) is 0.0570. The van der Waals surface area contributed by atoms with Gasteiger partial charge in [0.2, 0.25) is 0 Å². The van der Waals surface area contributed by atoms with Gasteiger partial charge < -0.3 is 10.8 Å². The Kier molecular flexibility index (Phi) is 3.14. The van der Waals surface area contributed by atoms with E-state index in [4.69, 9.17) is 5.73 Å². The smallest absolute Gasteiger partial charge is 0.153 e. The van der Waals surface area contributed by atoms with E-state index in [1.165, 1.54) is 0 Å². The van der Waals surface area contributed by atoms with Crippen LogP contribution in [0.3, 0.4) is 0 Å². The molecule has 1 heterocycles. The van der Waals surface area contributed by atoms with Crippen molar-refractivity contribution < 1.29 is 13.5 Å². The van der Waals surface area contributed by atoms with Crippen molar-refractivity contribution in [2.24, 2.45) is 0 Å². The van der Waals surface area contributed by atoms with Gasteiger partial charge >= 0.3 is 0 Å². The quantitative estimate of drug-likeness (QED) is 0.764. The van der Waals surface area contributed by atoms with Crippen LogP contribution in [0.5, 0.6) is 0 Å². The molecule has 0 spiro atoms. The van der Waals surface area contributed by atoms with Crippen LogP contribution in [0.25, 0.3) is 0 Å². The number of nitrogens with two attached hydrogens (primary N) is 1. The first-order valence-corrected chi connectivity index (χ1v) is 7.48. The summed E-state index contributed by atoms with van der Waals surface area (Å²) in [5.41, 5.74) is 6.04. The molecule has 0 radical (unpaired) electrons. The van der Waals surface area contributed by atoms with Crippen molar-refractivity contribution in [1.82, 2.24) is 0 Å². The fourth-order valence-corrected chi connectivity index (χ4v) is 4.12. The zero-order chi connectivity index (χ0) is 12.5. The van der Waals surface area contributed by atoms with Gasteiger partial charge in [0.25, 0.3) is 0 Å². The molecule has 0 amide bonds. The Morgan fingerprint density at radius 2 is 1.94 bits per heavy atom. The van der Waals surface area contributed by atoms with Gasteiger partial charge in [-0.15, -0.1) is 0 Å². The van der Waals surface area contributed by atoms with Gasteiger partial charge in [0.05, 0.1) is 17.1 Å². The highest BCUT2D eigenvalue weighted by atomic mass is 32.2. The molecule has 0 aliphatic carbocycles. The van der Waals surface area contributed by atoms with E-state index in [1.54, 1.807) is 12.1 Å².